The van der Waals surface area contributed by atoms with Crippen LogP contribution in [0.1, 0.15) is 34.5 Å². The SMILES string of the molecule is Cc1c(Br)cccc1C(=O)Nc1ccccc1C(C)O. The molecular formula is C16H16BrNO2. The number of nitrogens with one attached hydrogen (secondary N) is 1. The van der Waals surface area contributed by atoms with Crippen LogP contribution in [0, 0.1) is 6.92 Å². The summed E-state index contributed by atoms with van der Waals surface area (Å²) in [6, 6.07) is 12.8. The van der Waals surface area contributed by atoms with E-state index in [1.807, 2.05) is 31.2 Å². The molecule has 2 aromatic rings. The van der Waals surface area contributed by atoms with Gasteiger partial charge in [-0.2, -0.15) is 0 Å². The largest absolute Gasteiger partial charge is 0.389 e. The van der Waals surface area contributed by atoms with E-state index in [2.05, 4.69) is 21.2 Å². The van der Waals surface area contributed by atoms with E-state index >= 15 is 0 Å². The molecule has 0 aliphatic heterocycles. The number of rotatable bonds is 3. The van der Waals surface area contributed by atoms with Gasteiger partial charge < -0.3 is 10.4 Å². The lowest BCUT2D eigenvalue weighted by Gasteiger charge is -2.14. The molecule has 20 heavy (non-hydrogen) atoms. The molecule has 0 saturated carbocycles. The summed E-state index contributed by atoms with van der Waals surface area (Å²) in [5.41, 5.74) is 2.83. The van der Waals surface area contributed by atoms with Crippen molar-refractivity contribution in [1.82, 2.24) is 0 Å². The van der Waals surface area contributed by atoms with Crippen LogP contribution >= 0.6 is 15.9 Å². The van der Waals surface area contributed by atoms with Crippen molar-refractivity contribution in [2.24, 2.45) is 0 Å². The fourth-order valence-electron chi connectivity index (χ4n) is 2.02. The summed E-state index contributed by atoms with van der Waals surface area (Å²) in [4.78, 5) is 12.3. The molecule has 4 heteroatoms. The van der Waals surface area contributed by atoms with Crippen molar-refractivity contribution in [3.63, 3.8) is 0 Å². The fraction of sp³-hybridized carbons (Fsp3) is 0.188. The van der Waals surface area contributed by atoms with Crippen molar-refractivity contribution in [1.29, 1.82) is 0 Å². The zero-order valence-corrected chi connectivity index (χ0v) is 12.9. The summed E-state index contributed by atoms with van der Waals surface area (Å²) in [7, 11) is 0. The van der Waals surface area contributed by atoms with Gasteiger partial charge in [0.25, 0.3) is 5.91 Å². The maximum atomic E-state index is 12.3. The normalized spacial score (nSPS) is 12.0. The second-order valence-electron chi connectivity index (χ2n) is 4.63. The topological polar surface area (TPSA) is 49.3 Å². The third-order valence-electron chi connectivity index (χ3n) is 3.17. The molecule has 2 N–H and O–H groups in total. The minimum absolute atomic E-state index is 0.183. The Balaban J connectivity index is 2.31. The lowest BCUT2D eigenvalue weighted by molar-refractivity contribution is 0.102. The van der Waals surface area contributed by atoms with E-state index < -0.39 is 6.10 Å². The van der Waals surface area contributed by atoms with Gasteiger partial charge in [0, 0.05) is 21.3 Å². The first-order valence-corrected chi connectivity index (χ1v) is 7.13. The van der Waals surface area contributed by atoms with Gasteiger partial charge in [-0.05, 0) is 37.6 Å². The average Bonchev–Trinajstić information content (AvgIpc) is 2.42. The third-order valence-corrected chi connectivity index (χ3v) is 4.03. The van der Waals surface area contributed by atoms with Crippen LogP contribution in [-0.2, 0) is 0 Å². The number of carbonyl (C=O) groups is 1. The summed E-state index contributed by atoms with van der Waals surface area (Å²) in [6.07, 6.45) is -0.630. The molecule has 0 heterocycles. The van der Waals surface area contributed by atoms with Crippen LogP contribution in [0.25, 0.3) is 0 Å². The quantitative estimate of drug-likeness (QED) is 0.889. The molecular weight excluding hydrogens is 318 g/mol. The van der Waals surface area contributed by atoms with Crippen molar-refractivity contribution in [3.8, 4) is 0 Å². The molecule has 1 atom stereocenters. The Kier molecular flexibility index (Phi) is 4.57. The Morgan fingerprint density at radius 2 is 1.90 bits per heavy atom. The molecule has 0 aliphatic rings. The van der Waals surface area contributed by atoms with Crippen molar-refractivity contribution in [2.75, 3.05) is 5.32 Å². The number of aliphatic hydroxyl groups is 1. The van der Waals surface area contributed by atoms with Gasteiger partial charge in [0.05, 0.1) is 6.10 Å². The van der Waals surface area contributed by atoms with E-state index in [1.54, 1.807) is 25.1 Å². The highest BCUT2D eigenvalue weighted by molar-refractivity contribution is 9.10. The van der Waals surface area contributed by atoms with Crippen LogP contribution in [0.5, 0.6) is 0 Å². The molecule has 0 spiro atoms. The van der Waals surface area contributed by atoms with Crippen LogP contribution in [0.15, 0.2) is 46.9 Å². The van der Waals surface area contributed by atoms with Gasteiger partial charge in [-0.3, -0.25) is 4.79 Å². The molecule has 0 saturated heterocycles. The monoisotopic (exact) mass is 333 g/mol. The number of hydrogen-bond donors (Lipinski definition) is 2. The summed E-state index contributed by atoms with van der Waals surface area (Å²) in [5, 5.41) is 12.6. The lowest BCUT2D eigenvalue weighted by atomic mass is 10.1. The number of amides is 1. The number of carbonyl (C=O) groups excluding carboxylic acids is 1. The minimum atomic E-state index is -0.630. The van der Waals surface area contributed by atoms with Gasteiger partial charge in [-0.25, -0.2) is 0 Å². The molecule has 2 aromatic carbocycles. The number of aliphatic hydroxyl groups excluding tert-OH is 1. The van der Waals surface area contributed by atoms with Gasteiger partial charge in [0.15, 0.2) is 0 Å². The van der Waals surface area contributed by atoms with Crippen LogP contribution in [0.3, 0.4) is 0 Å². The molecule has 0 fully saturated rings. The molecule has 0 aliphatic carbocycles. The molecule has 0 radical (unpaired) electrons. The Morgan fingerprint density at radius 3 is 2.60 bits per heavy atom. The van der Waals surface area contributed by atoms with Gasteiger partial charge in [0.2, 0.25) is 0 Å². The average molecular weight is 334 g/mol. The second kappa shape index (κ2) is 6.20. The van der Waals surface area contributed by atoms with Crippen molar-refractivity contribution in [3.05, 3.63) is 63.6 Å². The minimum Gasteiger partial charge on any atom is -0.389 e. The molecule has 0 bridgehead atoms. The molecule has 2 rings (SSSR count). The summed E-state index contributed by atoms with van der Waals surface area (Å²) in [5.74, 6) is -0.183. The first kappa shape index (κ1) is 14.8. The summed E-state index contributed by atoms with van der Waals surface area (Å²) < 4.78 is 0.897. The summed E-state index contributed by atoms with van der Waals surface area (Å²) in [6.45, 7) is 3.56. The first-order valence-electron chi connectivity index (χ1n) is 6.34. The predicted molar refractivity (Wildman–Crippen MR) is 83.9 cm³/mol. The molecule has 1 amide bonds. The Morgan fingerprint density at radius 1 is 1.20 bits per heavy atom. The van der Waals surface area contributed by atoms with Gasteiger partial charge in [0.1, 0.15) is 0 Å². The van der Waals surface area contributed by atoms with E-state index in [4.69, 9.17) is 0 Å². The molecule has 1 unspecified atom stereocenters. The molecule has 3 nitrogen and oxygen atoms in total. The highest BCUT2D eigenvalue weighted by atomic mass is 79.9. The van der Waals surface area contributed by atoms with Crippen LogP contribution in [0.2, 0.25) is 0 Å². The smallest absolute Gasteiger partial charge is 0.255 e. The molecule has 104 valence electrons. The van der Waals surface area contributed by atoms with E-state index in [0.717, 1.165) is 10.0 Å². The Hall–Kier alpha value is -1.65. The maximum Gasteiger partial charge on any atom is 0.255 e. The number of benzene rings is 2. The predicted octanol–water partition coefficient (Wildman–Crippen LogP) is 4.06. The van der Waals surface area contributed by atoms with E-state index in [1.165, 1.54) is 0 Å². The van der Waals surface area contributed by atoms with Gasteiger partial charge >= 0.3 is 0 Å². The maximum absolute atomic E-state index is 12.3. The van der Waals surface area contributed by atoms with E-state index in [9.17, 15) is 9.90 Å². The van der Waals surface area contributed by atoms with Crippen molar-refractivity contribution < 1.29 is 9.90 Å². The fourth-order valence-corrected chi connectivity index (χ4v) is 2.38. The Labute approximate surface area is 126 Å². The van der Waals surface area contributed by atoms with E-state index in [-0.39, 0.29) is 5.91 Å². The van der Waals surface area contributed by atoms with Gasteiger partial charge in [-0.15, -0.1) is 0 Å². The number of halogens is 1. The zero-order chi connectivity index (χ0) is 14.7. The lowest BCUT2D eigenvalue weighted by Crippen LogP contribution is -2.15. The summed E-state index contributed by atoms with van der Waals surface area (Å²) >= 11 is 3.42. The third kappa shape index (κ3) is 3.08. The Bertz CT molecular complexity index is 638. The van der Waals surface area contributed by atoms with Crippen LogP contribution in [-0.4, -0.2) is 11.0 Å². The number of hydrogen-bond acceptors (Lipinski definition) is 2. The highest BCUT2D eigenvalue weighted by Gasteiger charge is 2.14. The van der Waals surface area contributed by atoms with Crippen LogP contribution in [0.4, 0.5) is 5.69 Å². The number of para-hydroxylation sites is 1. The molecule has 0 aromatic heterocycles. The van der Waals surface area contributed by atoms with Gasteiger partial charge in [-0.1, -0.05) is 40.2 Å². The first-order chi connectivity index (χ1) is 9.50. The standard InChI is InChI=1S/C16H16BrNO2/c1-10-12(7-5-8-14(10)17)16(20)18-15-9-4-3-6-13(15)11(2)19/h3-9,11,19H,1-2H3,(H,18,20). The second-order valence-corrected chi connectivity index (χ2v) is 5.48. The van der Waals surface area contributed by atoms with Crippen molar-refractivity contribution >= 4 is 27.5 Å². The highest BCUT2D eigenvalue weighted by Crippen LogP contribution is 2.24. The zero-order valence-electron chi connectivity index (χ0n) is 11.4. The van der Waals surface area contributed by atoms with Crippen LogP contribution < -0.4 is 5.32 Å². The van der Waals surface area contributed by atoms with Crippen molar-refractivity contribution in [2.45, 2.75) is 20.0 Å². The number of anilines is 1. The van der Waals surface area contributed by atoms with E-state index in [0.29, 0.717) is 16.8 Å².